The smallest absolute Gasteiger partial charge is 0.410 e. The Morgan fingerprint density at radius 1 is 1.09 bits per heavy atom. The molecule has 0 spiro atoms. The maximum atomic E-state index is 13.8. The first-order valence-corrected chi connectivity index (χ1v) is 13.6. The largest absolute Gasteiger partial charge is 0.445 e. The molecule has 5 rings (SSSR count). The van der Waals surface area contributed by atoms with Gasteiger partial charge in [-0.3, -0.25) is 4.79 Å². The first-order valence-electron chi connectivity index (χ1n) is 12.2. The third kappa shape index (κ3) is 4.24. The van der Waals surface area contributed by atoms with Crippen LogP contribution in [0.25, 0.3) is 0 Å². The van der Waals surface area contributed by atoms with Gasteiger partial charge in [-0.15, -0.1) is 6.58 Å². The second kappa shape index (κ2) is 9.49. The minimum absolute atomic E-state index is 0.116. The Kier molecular flexibility index (Phi) is 6.40. The molecule has 3 atom stereocenters. The number of sulfonamides is 1. The number of amides is 2. The molecular weight excluding hydrogens is 464 g/mol. The molecule has 2 aromatic carbocycles. The van der Waals surface area contributed by atoms with Gasteiger partial charge in [0, 0.05) is 6.54 Å². The van der Waals surface area contributed by atoms with E-state index in [0.717, 1.165) is 41.1 Å². The van der Waals surface area contributed by atoms with Gasteiger partial charge in [-0.2, -0.15) is 0 Å². The van der Waals surface area contributed by atoms with Crippen LogP contribution in [0, 0.1) is 5.92 Å². The van der Waals surface area contributed by atoms with Crippen molar-refractivity contribution in [3.8, 4) is 0 Å². The van der Waals surface area contributed by atoms with E-state index in [1.165, 1.54) is 10.5 Å². The van der Waals surface area contributed by atoms with Crippen LogP contribution in [0.1, 0.15) is 42.4 Å². The lowest BCUT2D eigenvalue weighted by Gasteiger charge is -2.26. The van der Waals surface area contributed by atoms with E-state index in [-0.39, 0.29) is 11.5 Å². The van der Waals surface area contributed by atoms with Crippen molar-refractivity contribution in [2.45, 2.75) is 62.1 Å². The van der Waals surface area contributed by atoms with Crippen LogP contribution in [0.15, 0.2) is 66.1 Å². The molecule has 2 aromatic rings. The Morgan fingerprint density at radius 3 is 2.57 bits per heavy atom. The van der Waals surface area contributed by atoms with Crippen LogP contribution in [-0.2, 0) is 39.0 Å². The molecule has 0 saturated carbocycles. The summed E-state index contributed by atoms with van der Waals surface area (Å²) < 4.78 is 34.1. The summed E-state index contributed by atoms with van der Waals surface area (Å²) >= 11 is 0. The van der Waals surface area contributed by atoms with Gasteiger partial charge in [-0.1, -0.05) is 42.5 Å². The number of rotatable bonds is 6. The van der Waals surface area contributed by atoms with Crippen LogP contribution < -0.4 is 0 Å². The van der Waals surface area contributed by atoms with E-state index in [1.54, 1.807) is 18.2 Å². The van der Waals surface area contributed by atoms with Crippen molar-refractivity contribution in [2.24, 2.45) is 5.92 Å². The maximum absolute atomic E-state index is 13.8. The van der Waals surface area contributed by atoms with Crippen LogP contribution in [0.3, 0.4) is 0 Å². The Morgan fingerprint density at radius 2 is 1.83 bits per heavy atom. The molecule has 1 aliphatic carbocycles. The van der Waals surface area contributed by atoms with E-state index in [0.29, 0.717) is 19.4 Å². The molecule has 0 radical (unpaired) electrons. The molecule has 2 fully saturated rings. The fourth-order valence-corrected chi connectivity index (χ4v) is 7.45. The summed E-state index contributed by atoms with van der Waals surface area (Å²) in [6, 6.07) is 13.4. The van der Waals surface area contributed by atoms with Gasteiger partial charge in [0.05, 0.1) is 22.9 Å². The van der Waals surface area contributed by atoms with E-state index >= 15 is 0 Å². The fraction of sp³-hybridized carbons (Fsp3) is 0.407. The number of hydrogen-bond acceptors (Lipinski definition) is 5. The van der Waals surface area contributed by atoms with Crippen LogP contribution in [0.5, 0.6) is 0 Å². The van der Waals surface area contributed by atoms with Gasteiger partial charge in [-0.05, 0) is 67.3 Å². The van der Waals surface area contributed by atoms with Crippen molar-refractivity contribution >= 4 is 22.0 Å². The first-order chi connectivity index (χ1) is 16.9. The lowest BCUT2D eigenvalue weighted by molar-refractivity contribution is -0.128. The van der Waals surface area contributed by atoms with Crippen LogP contribution in [0.4, 0.5) is 4.79 Å². The number of ether oxygens (including phenoxy) is 1. The molecule has 2 saturated heterocycles. The Balaban J connectivity index is 1.41. The van der Waals surface area contributed by atoms with Crippen LogP contribution >= 0.6 is 0 Å². The van der Waals surface area contributed by atoms with Gasteiger partial charge in [0.1, 0.15) is 6.61 Å². The number of carbonyl (C=O) groups is 2. The monoisotopic (exact) mass is 494 g/mol. The molecule has 2 aliphatic heterocycles. The lowest BCUT2D eigenvalue weighted by atomic mass is 9.92. The van der Waals surface area contributed by atoms with E-state index in [1.807, 2.05) is 36.4 Å². The van der Waals surface area contributed by atoms with E-state index in [9.17, 15) is 18.0 Å². The highest BCUT2D eigenvalue weighted by Crippen LogP contribution is 2.42. The molecule has 2 heterocycles. The highest BCUT2D eigenvalue weighted by molar-refractivity contribution is 7.89. The average Bonchev–Trinajstić information content (AvgIpc) is 3.41. The Hall–Kier alpha value is -3.13. The number of fused-ring (bicyclic) bond motifs is 2. The minimum Gasteiger partial charge on any atom is -0.445 e. The normalized spacial score (nSPS) is 23.7. The van der Waals surface area contributed by atoms with Crippen molar-refractivity contribution in [3.63, 3.8) is 0 Å². The van der Waals surface area contributed by atoms with E-state index < -0.39 is 40.0 Å². The number of nitrogens with zero attached hydrogens (tertiary/aromatic N) is 2. The van der Waals surface area contributed by atoms with E-state index in [4.69, 9.17) is 4.74 Å². The first kappa shape index (κ1) is 23.6. The van der Waals surface area contributed by atoms with Gasteiger partial charge in [0.2, 0.25) is 5.91 Å². The van der Waals surface area contributed by atoms with Gasteiger partial charge < -0.3 is 9.64 Å². The molecule has 184 valence electrons. The molecule has 0 N–H and O–H groups in total. The summed E-state index contributed by atoms with van der Waals surface area (Å²) in [4.78, 5) is 28.2. The van der Waals surface area contributed by atoms with Crippen LogP contribution in [-0.4, -0.2) is 48.3 Å². The van der Waals surface area contributed by atoms with Crippen molar-refractivity contribution in [1.82, 2.24) is 9.21 Å². The van der Waals surface area contributed by atoms with Crippen molar-refractivity contribution in [3.05, 3.63) is 77.9 Å². The zero-order chi connectivity index (χ0) is 24.6. The molecule has 0 bridgehead atoms. The van der Waals surface area contributed by atoms with Crippen molar-refractivity contribution in [1.29, 1.82) is 0 Å². The lowest BCUT2D eigenvalue weighted by Crippen LogP contribution is -2.43. The summed E-state index contributed by atoms with van der Waals surface area (Å²) in [5.41, 5.74) is 3.08. The number of allylic oxidation sites excluding steroid dienone is 1. The number of likely N-dealkylation sites (tertiary alicyclic amines) is 1. The second-order valence-corrected chi connectivity index (χ2v) is 11.3. The predicted octanol–water partition coefficient (Wildman–Crippen LogP) is 4.07. The zero-order valence-electron chi connectivity index (χ0n) is 19.6. The summed E-state index contributed by atoms with van der Waals surface area (Å²) in [5, 5.41) is 0. The van der Waals surface area contributed by atoms with Crippen molar-refractivity contribution in [2.75, 3.05) is 6.54 Å². The van der Waals surface area contributed by atoms with Gasteiger partial charge in [0.25, 0.3) is 10.0 Å². The van der Waals surface area contributed by atoms with Crippen molar-refractivity contribution < 1.29 is 22.7 Å². The predicted molar refractivity (Wildman–Crippen MR) is 131 cm³/mol. The SMILES string of the molecule is C=CC[C@H]1C(=O)N(S(=O)(=O)c2ccc3c(c2)CCCC3)[C@H]2CCN(C(=O)OCc3ccccc3)[C@H]12. The Labute approximate surface area is 206 Å². The topological polar surface area (TPSA) is 84.0 Å². The summed E-state index contributed by atoms with van der Waals surface area (Å²) in [7, 11) is -4.06. The standard InChI is InChI=1S/C27H30N2O5S/c1-2-8-23-25-24(15-16-28(25)27(31)34-18-19-9-4-3-5-10-19)29(26(23)30)35(32,33)22-14-13-20-11-6-7-12-21(20)17-22/h2-5,9-10,13-14,17,23-25H,1,6-8,11-12,15-16,18H2/t23-,24+,25-/m1/s1. The third-order valence-corrected chi connectivity index (χ3v) is 9.22. The average molecular weight is 495 g/mol. The fourth-order valence-electron chi connectivity index (χ4n) is 5.73. The Bertz CT molecular complexity index is 1240. The number of carbonyl (C=O) groups excluding carboxylic acids is 2. The maximum Gasteiger partial charge on any atom is 0.410 e. The van der Waals surface area contributed by atoms with E-state index in [2.05, 4.69) is 6.58 Å². The quantitative estimate of drug-likeness (QED) is 0.566. The summed E-state index contributed by atoms with van der Waals surface area (Å²) in [5.74, 6) is -1.14. The third-order valence-electron chi connectivity index (χ3n) is 7.40. The summed E-state index contributed by atoms with van der Waals surface area (Å²) in [6.07, 6.45) is 5.69. The zero-order valence-corrected chi connectivity index (χ0v) is 20.5. The minimum atomic E-state index is -4.06. The van der Waals surface area contributed by atoms with Gasteiger partial charge in [0.15, 0.2) is 0 Å². The molecule has 7 nitrogen and oxygen atoms in total. The molecule has 2 amide bonds. The molecule has 3 aliphatic rings. The second-order valence-electron chi connectivity index (χ2n) is 9.49. The van der Waals surface area contributed by atoms with Crippen LogP contribution in [0.2, 0.25) is 0 Å². The highest BCUT2D eigenvalue weighted by Gasteiger charge is 2.58. The molecule has 8 heteroatoms. The summed E-state index contributed by atoms with van der Waals surface area (Å²) in [6.45, 7) is 4.21. The molecule has 0 aromatic heterocycles. The number of benzene rings is 2. The molecule has 35 heavy (non-hydrogen) atoms. The molecule has 0 unspecified atom stereocenters. The molecular formula is C27H30N2O5S. The number of aryl methyl sites for hydroxylation is 2. The number of hydrogen-bond donors (Lipinski definition) is 0. The van der Waals surface area contributed by atoms with Gasteiger partial charge >= 0.3 is 6.09 Å². The van der Waals surface area contributed by atoms with Gasteiger partial charge in [-0.25, -0.2) is 17.5 Å². The highest BCUT2D eigenvalue weighted by atomic mass is 32.2.